The van der Waals surface area contributed by atoms with Crippen LogP contribution in [0.5, 0.6) is 11.5 Å². The Labute approximate surface area is 233 Å². The summed E-state index contributed by atoms with van der Waals surface area (Å²) < 4.78 is 13.0. The molecule has 40 heavy (non-hydrogen) atoms. The molecule has 1 saturated heterocycles. The van der Waals surface area contributed by atoms with Crippen molar-refractivity contribution in [3.8, 4) is 17.4 Å². The summed E-state index contributed by atoms with van der Waals surface area (Å²) in [6, 6.07) is 6.63. The number of piperazine rings is 1. The van der Waals surface area contributed by atoms with Gasteiger partial charge in [-0.2, -0.15) is 4.98 Å². The lowest BCUT2D eigenvalue weighted by molar-refractivity contribution is -0.125. The van der Waals surface area contributed by atoms with Crippen molar-refractivity contribution in [1.29, 1.82) is 0 Å². The highest BCUT2D eigenvalue weighted by molar-refractivity contribution is 5.88. The second-order valence-electron chi connectivity index (χ2n) is 10.2. The number of imidazole rings is 1. The fourth-order valence-corrected chi connectivity index (χ4v) is 4.69. The number of benzene rings is 1. The van der Waals surface area contributed by atoms with E-state index < -0.39 is 6.04 Å². The SMILES string of the molecule is CCCNC(=O)N1CCN(c2cc(C(C)C)nc(-n3ccnc3)n2)CC1C(=O)NCc1ccc2c(c1)OCCO2. The van der Waals surface area contributed by atoms with Crippen LogP contribution in [0, 0.1) is 0 Å². The fourth-order valence-electron chi connectivity index (χ4n) is 4.69. The molecular weight excluding hydrogens is 512 g/mol. The minimum absolute atomic E-state index is 0.176. The van der Waals surface area contributed by atoms with Crippen LogP contribution in [0.1, 0.15) is 44.4 Å². The maximum Gasteiger partial charge on any atom is 0.318 e. The second-order valence-corrected chi connectivity index (χ2v) is 10.2. The summed E-state index contributed by atoms with van der Waals surface area (Å²) in [5.41, 5.74) is 1.77. The van der Waals surface area contributed by atoms with E-state index in [4.69, 9.17) is 19.4 Å². The van der Waals surface area contributed by atoms with Crippen molar-refractivity contribution < 1.29 is 19.1 Å². The largest absolute Gasteiger partial charge is 0.486 e. The number of nitrogens with one attached hydrogen (secondary N) is 2. The highest BCUT2D eigenvalue weighted by Crippen LogP contribution is 2.30. The third-order valence-corrected chi connectivity index (χ3v) is 6.91. The molecular formula is C28H36N8O4. The molecule has 212 valence electrons. The molecule has 3 aromatic rings. The average molecular weight is 549 g/mol. The summed E-state index contributed by atoms with van der Waals surface area (Å²) in [6.07, 6.45) is 5.95. The molecule has 2 aliphatic heterocycles. The summed E-state index contributed by atoms with van der Waals surface area (Å²) in [7, 11) is 0. The van der Waals surface area contributed by atoms with Crippen LogP contribution in [0.2, 0.25) is 0 Å². The lowest BCUT2D eigenvalue weighted by Crippen LogP contribution is -2.62. The van der Waals surface area contributed by atoms with Gasteiger partial charge in [-0.25, -0.2) is 14.8 Å². The smallest absolute Gasteiger partial charge is 0.318 e. The maximum atomic E-state index is 13.6. The lowest BCUT2D eigenvalue weighted by Gasteiger charge is -2.41. The normalized spacial score (nSPS) is 16.6. The van der Waals surface area contributed by atoms with Gasteiger partial charge < -0.3 is 29.9 Å². The highest BCUT2D eigenvalue weighted by atomic mass is 16.6. The van der Waals surface area contributed by atoms with Crippen molar-refractivity contribution in [3.05, 3.63) is 54.2 Å². The van der Waals surface area contributed by atoms with Gasteiger partial charge in [-0.05, 0) is 30.0 Å². The van der Waals surface area contributed by atoms with E-state index in [1.807, 2.05) is 36.1 Å². The molecule has 12 nitrogen and oxygen atoms in total. The predicted octanol–water partition coefficient (Wildman–Crippen LogP) is 2.48. The molecule has 1 unspecified atom stereocenters. The van der Waals surface area contributed by atoms with Gasteiger partial charge in [0.2, 0.25) is 11.9 Å². The molecule has 12 heteroatoms. The molecule has 2 N–H and O–H groups in total. The molecule has 2 aliphatic rings. The van der Waals surface area contributed by atoms with Gasteiger partial charge in [0, 0.05) is 51.2 Å². The Morgan fingerprint density at radius 3 is 2.65 bits per heavy atom. The number of rotatable bonds is 8. The predicted molar refractivity (Wildman–Crippen MR) is 149 cm³/mol. The van der Waals surface area contributed by atoms with Crippen molar-refractivity contribution in [3.63, 3.8) is 0 Å². The Bertz CT molecular complexity index is 1330. The number of amides is 3. The second kappa shape index (κ2) is 12.2. The third-order valence-electron chi connectivity index (χ3n) is 6.91. The van der Waals surface area contributed by atoms with Gasteiger partial charge in [-0.15, -0.1) is 0 Å². The molecule has 0 aliphatic carbocycles. The molecule has 5 rings (SSSR count). The number of anilines is 1. The monoisotopic (exact) mass is 548 g/mol. The van der Waals surface area contributed by atoms with Crippen LogP contribution in [0.15, 0.2) is 43.0 Å². The first-order valence-corrected chi connectivity index (χ1v) is 13.8. The van der Waals surface area contributed by atoms with Crippen LogP contribution in [-0.4, -0.2) is 81.8 Å². The number of carbonyl (C=O) groups excluding carboxylic acids is 2. The zero-order valence-electron chi connectivity index (χ0n) is 23.2. The standard InChI is InChI=1S/C28H36N8O4/c1-4-7-30-28(38)36-11-10-34(25-15-21(19(2)3)32-27(33-25)35-9-8-29-18-35)17-22(36)26(37)31-16-20-5-6-23-24(14-20)40-13-12-39-23/h5-6,8-9,14-15,18-19,22H,4,7,10-13,16-17H2,1-3H3,(H,30,38)(H,31,37). The van der Waals surface area contributed by atoms with Crippen LogP contribution in [-0.2, 0) is 11.3 Å². The van der Waals surface area contributed by atoms with Crippen molar-refractivity contribution in [2.75, 3.05) is 44.3 Å². The third kappa shape index (κ3) is 6.11. The highest BCUT2D eigenvalue weighted by Gasteiger charge is 2.36. The molecule has 1 atom stereocenters. The molecule has 0 radical (unpaired) electrons. The van der Waals surface area contributed by atoms with Gasteiger partial charge >= 0.3 is 6.03 Å². The molecule has 3 amide bonds. The van der Waals surface area contributed by atoms with E-state index in [-0.39, 0.29) is 17.9 Å². The molecule has 0 saturated carbocycles. The Kier molecular flexibility index (Phi) is 8.32. The van der Waals surface area contributed by atoms with Crippen molar-refractivity contribution in [1.82, 2.24) is 35.1 Å². The summed E-state index contributed by atoms with van der Waals surface area (Å²) in [6.45, 7) is 9.21. The van der Waals surface area contributed by atoms with E-state index in [2.05, 4.69) is 29.5 Å². The molecule has 0 bridgehead atoms. The van der Waals surface area contributed by atoms with Crippen molar-refractivity contribution in [2.45, 2.75) is 45.7 Å². The van der Waals surface area contributed by atoms with Crippen LogP contribution in [0.4, 0.5) is 10.6 Å². The van der Waals surface area contributed by atoms with Crippen LogP contribution in [0.3, 0.4) is 0 Å². The summed E-state index contributed by atoms with van der Waals surface area (Å²) >= 11 is 0. The number of ether oxygens (including phenoxy) is 2. The Morgan fingerprint density at radius 1 is 1.07 bits per heavy atom. The minimum atomic E-state index is -0.711. The number of fused-ring (bicyclic) bond motifs is 1. The Hall–Kier alpha value is -4.35. The fraction of sp³-hybridized carbons (Fsp3) is 0.464. The zero-order chi connectivity index (χ0) is 28.1. The van der Waals surface area contributed by atoms with Gasteiger partial charge in [0.05, 0.1) is 5.69 Å². The van der Waals surface area contributed by atoms with E-state index in [0.29, 0.717) is 69.2 Å². The van der Waals surface area contributed by atoms with Crippen LogP contribution < -0.4 is 25.0 Å². The van der Waals surface area contributed by atoms with E-state index in [1.165, 1.54) is 0 Å². The maximum absolute atomic E-state index is 13.6. The topological polar surface area (TPSA) is 127 Å². The number of hydrogen-bond donors (Lipinski definition) is 2. The number of carbonyl (C=O) groups is 2. The van der Waals surface area contributed by atoms with Crippen LogP contribution >= 0.6 is 0 Å². The average Bonchev–Trinajstić information content (AvgIpc) is 3.53. The molecule has 1 aromatic carbocycles. The number of aromatic nitrogens is 4. The van der Waals surface area contributed by atoms with E-state index in [9.17, 15) is 9.59 Å². The van der Waals surface area contributed by atoms with E-state index in [1.54, 1.807) is 28.2 Å². The van der Waals surface area contributed by atoms with E-state index >= 15 is 0 Å². The molecule has 2 aromatic heterocycles. The first-order valence-electron chi connectivity index (χ1n) is 13.8. The molecule has 1 fully saturated rings. The number of urea groups is 1. The van der Waals surface area contributed by atoms with E-state index in [0.717, 1.165) is 17.7 Å². The van der Waals surface area contributed by atoms with Gasteiger partial charge in [-0.3, -0.25) is 9.36 Å². The Morgan fingerprint density at radius 2 is 1.90 bits per heavy atom. The molecule has 4 heterocycles. The number of hydrogen-bond acceptors (Lipinski definition) is 8. The summed E-state index contributed by atoms with van der Waals surface area (Å²) in [4.78, 5) is 43.9. The summed E-state index contributed by atoms with van der Waals surface area (Å²) in [5.74, 6) is 2.53. The van der Waals surface area contributed by atoms with Gasteiger partial charge in [-0.1, -0.05) is 26.8 Å². The zero-order valence-corrected chi connectivity index (χ0v) is 23.2. The minimum Gasteiger partial charge on any atom is -0.486 e. The van der Waals surface area contributed by atoms with Gasteiger partial charge in [0.15, 0.2) is 11.5 Å². The summed E-state index contributed by atoms with van der Waals surface area (Å²) in [5, 5.41) is 5.95. The quantitative estimate of drug-likeness (QED) is 0.440. The van der Waals surface area contributed by atoms with Crippen molar-refractivity contribution >= 4 is 17.8 Å². The van der Waals surface area contributed by atoms with Gasteiger partial charge in [0.25, 0.3) is 0 Å². The van der Waals surface area contributed by atoms with Crippen molar-refractivity contribution in [2.24, 2.45) is 0 Å². The number of nitrogens with zero attached hydrogens (tertiary/aromatic N) is 6. The Balaban J connectivity index is 1.36. The molecule has 0 spiro atoms. The first-order chi connectivity index (χ1) is 19.4. The lowest BCUT2D eigenvalue weighted by atomic mass is 10.1. The first kappa shape index (κ1) is 27.2. The van der Waals surface area contributed by atoms with Crippen LogP contribution in [0.25, 0.3) is 5.95 Å². The van der Waals surface area contributed by atoms with Gasteiger partial charge in [0.1, 0.15) is 31.4 Å².